The Kier molecular flexibility index (Phi) is 4.38. The fraction of sp³-hybridized carbons (Fsp3) is 0.429. The van der Waals surface area contributed by atoms with Crippen LogP contribution >= 0.6 is 0 Å². The van der Waals surface area contributed by atoms with Gasteiger partial charge in [0.15, 0.2) is 0 Å². The number of hydrogen-bond acceptors (Lipinski definition) is 2. The Hall–Kier alpha value is -1.71. The monoisotopic (exact) mass is 326 g/mol. The molecule has 1 aliphatic carbocycles. The lowest BCUT2D eigenvalue weighted by Crippen LogP contribution is -2.43. The van der Waals surface area contributed by atoms with Gasteiger partial charge >= 0.3 is 0 Å². The second kappa shape index (κ2) is 6.66. The van der Waals surface area contributed by atoms with Gasteiger partial charge in [-0.1, -0.05) is 48.5 Å². The van der Waals surface area contributed by atoms with E-state index in [1.165, 1.54) is 5.56 Å². The molecule has 3 atom stereocenters. The van der Waals surface area contributed by atoms with Crippen molar-refractivity contribution in [3.63, 3.8) is 0 Å². The summed E-state index contributed by atoms with van der Waals surface area (Å²) in [5.74, 6) is 0.280. The lowest BCUT2D eigenvalue weighted by atomic mass is 9.63. The van der Waals surface area contributed by atoms with E-state index >= 15 is 0 Å². The van der Waals surface area contributed by atoms with Crippen LogP contribution in [0.5, 0.6) is 0 Å². The van der Waals surface area contributed by atoms with Crippen LogP contribution in [0.1, 0.15) is 30.4 Å². The molecule has 2 nitrogen and oxygen atoms in total. The van der Waals surface area contributed by atoms with Gasteiger partial charge in [0.25, 0.3) is 0 Å². The molecule has 2 aromatic carbocycles. The van der Waals surface area contributed by atoms with Crippen LogP contribution in [-0.2, 0) is 21.5 Å². The van der Waals surface area contributed by atoms with Crippen molar-refractivity contribution in [1.29, 1.82) is 0 Å². The molecule has 1 saturated heterocycles. The van der Waals surface area contributed by atoms with Crippen molar-refractivity contribution in [2.24, 2.45) is 5.92 Å². The standard InChI is InChI=1S/C21H23FO2/c22-20-9-5-4-8-19(20)21-12-18(11-10-17(21)14-23-15-21)24-13-16-6-2-1-3-7-16/h1-9,17-18H,10-15H2/t17-,18+,21-/m0/s1. The molecule has 2 fully saturated rings. The summed E-state index contributed by atoms with van der Waals surface area (Å²) in [5, 5.41) is 0. The van der Waals surface area contributed by atoms with Crippen LogP contribution in [0.3, 0.4) is 0 Å². The van der Waals surface area contributed by atoms with E-state index in [0.717, 1.165) is 31.4 Å². The maximum atomic E-state index is 14.5. The average Bonchev–Trinajstić information content (AvgIpc) is 3.05. The summed E-state index contributed by atoms with van der Waals surface area (Å²) in [5.41, 5.74) is 1.76. The van der Waals surface area contributed by atoms with E-state index in [-0.39, 0.29) is 17.3 Å². The van der Waals surface area contributed by atoms with Gasteiger partial charge in [-0.2, -0.15) is 0 Å². The van der Waals surface area contributed by atoms with Gasteiger partial charge in [0, 0.05) is 5.41 Å². The van der Waals surface area contributed by atoms with Crippen LogP contribution in [0.25, 0.3) is 0 Å². The molecule has 1 heterocycles. The molecule has 126 valence electrons. The Balaban J connectivity index is 1.53. The molecule has 1 saturated carbocycles. The third-order valence-corrected chi connectivity index (χ3v) is 5.63. The number of hydrogen-bond donors (Lipinski definition) is 0. The smallest absolute Gasteiger partial charge is 0.127 e. The summed E-state index contributed by atoms with van der Waals surface area (Å²) < 4.78 is 26.5. The molecule has 0 amide bonds. The van der Waals surface area contributed by atoms with Crippen molar-refractivity contribution < 1.29 is 13.9 Å². The van der Waals surface area contributed by atoms with Crippen molar-refractivity contribution in [1.82, 2.24) is 0 Å². The highest BCUT2D eigenvalue weighted by Gasteiger charge is 2.50. The molecule has 2 aromatic rings. The number of halogens is 1. The molecule has 3 heteroatoms. The molecule has 0 spiro atoms. The number of rotatable bonds is 4. The molecular weight excluding hydrogens is 303 g/mol. The largest absolute Gasteiger partial charge is 0.380 e. The van der Waals surface area contributed by atoms with Crippen molar-refractivity contribution >= 4 is 0 Å². The summed E-state index contributed by atoms with van der Waals surface area (Å²) >= 11 is 0. The van der Waals surface area contributed by atoms with Gasteiger partial charge in [-0.25, -0.2) is 4.39 Å². The predicted molar refractivity (Wildman–Crippen MR) is 91.3 cm³/mol. The van der Waals surface area contributed by atoms with Gasteiger partial charge in [-0.05, 0) is 42.4 Å². The van der Waals surface area contributed by atoms with Crippen LogP contribution in [0.4, 0.5) is 4.39 Å². The number of fused-ring (bicyclic) bond motifs is 1. The average molecular weight is 326 g/mol. The second-order valence-electron chi connectivity index (χ2n) is 7.05. The highest BCUT2D eigenvalue weighted by molar-refractivity contribution is 5.31. The van der Waals surface area contributed by atoms with E-state index in [1.807, 2.05) is 30.3 Å². The predicted octanol–water partition coefficient (Wildman–Crippen LogP) is 4.48. The van der Waals surface area contributed by atoms with E-state index < -0.39 is 0 Å². The normalized spacial score (nSPS) is 29.4. The van der Waals surface area contributed by atoms with Crippen molar-refractivity contribution in [3.05, 3.63) is 71.5 Å². The summed E-state index contributed by atoms with van der Waals surface area (Å²) in [6, 6.07) is 17.4. The minimum atomic E-state index is -0.231. The van der Waals surface area contributed by atoms with Gasteiger partial charge in [0.2, 0.25) is 0 Å². The molecule has 0 aromatic heterocycles. The zero-order valence-electron chi connectivity index (χ0n) is 13.8. The first-order valence-corrected chi connectivity index (χ1v) is 8.76. The van der Waals surface area contributed by atoms with Gasteiger partial charge in [-0.15, -0.1) is 0 Å². The third-order valence-electron chi connectivity index (χ3n) is 5.63. The topological polar surface area (TPSA) is 18.5 Å². The van der Waals surface area contributed by atoms with E-state index in [2.05, 4.69) is 12.1 Å². The van der Waals surface area contributed by atoms with Crippen LogP contribution in [-0.4, -0.2) is 19.3 Å². The first kappa shape index (κ1) is 15.8. The zero-order valence-corrected chi connectivity index (χ0v) is 13.8. The minimum absolute atomic E-state index is 0.114. The lowest BCUT2D eigenvalue weighted by Gasteiger charge is -2.42. The van der Waals surface area contributed by atoms with E-state index in [9.17, 15) is 4.39 Å². The molecule has 0 unspecified atom stereocenters. The molecule has 4 rings (SSSR count). The highest BCUT2D eigenvalue weighted by atomic mass is 19.1. The van der Waals surface area contributed by atoms with Gasteiger partial charge in [0.05, 0.1) is 25.9 Å². The summed E-state index contributed by atoms with van der Waals surface area (Å²) in [6.07, 6.45) is 3.05. The molecule has 0 bridgehead atoms. The molecule has 24 heavy (non-hydrogen) atoms. The second-order valence-corrected chi connectivity index (χ2v) is 7.05. The van der Waals surface area contributed by atoms with Gasteiger partial charge < -0.3 is 9.47 Å². The van der Waals surface area contributed by atoms with Gasteiger partial charge in [0.1, 0.15) is 5.82 Å². The molecule has 0 radical (unpaired) electrons. The maximum absolute atomic E-state index is 14.5. The van der Waals surface area contributed by atoms with E-state index in [0.29, 0.717) is 19.1 Å². The first-order valence-electron chi connectivity index (χ1n) is 8.76. The van der Waals surface area contributed by atoms with E-state index in [4.69, 9.17) is 9.47 Å². The van der Waals surface area contributed by atoms with Gasteiger partial charge in [-0.3, -0.25) is 0 Å². The van der Waals surface area contributed by atoms with Crippen molar-refractivity contribution in [2.75, 3.05) is 13.2 Å². The fourth-order valence-electron chi connectivity index (χ4n) is 4.34. The van der Waals surface area contributed by atoms with Crippen LogP contribution in [0, 0.1) is 11.7 Å². The van der Waals surface area contributed by atoms with Crippen LogP contribution < -0.4 is 0 Å². The minimum Gasteiger partial charge on any atom is -0.380 e. The molecular formula is C21H23FO2. The van der Waals surface area contributed by atoms with Crippen LogP contribution in [0.2, 0.25) is 0 Å². The number of benzene rings is 2. The molecule has 0 N–H and O–H groups in total. The quantitative estimate of drug-likeness (QED) is 0.825. The Morgan fingerprint density at radius 3 is 2.67 bits per heavy atom. The lowest BCUT2D eigenvalue weighted by molar-refractivity contribution is -0.0153. The summed E-state index contributed by atoms with van der Waals surface area (Å²) in [6.45, 7) is 1.95. The zero-order chi connectivity index (χ0) is 16.4. The Bertz CT molecular complexity index is 687. The fourth-order valence-corrected chi connectivity index (χ4v) is 4.34. The van der Waals surface area contributed by atoms with Crippen molar-refractivity contribution in [2.45, 2.75) is 37.4 Å². The maximum Gasteiger partial charge on any atom is 0.127 e. The Morgan fingerprint density at radius 1 is 1.04 bits per heavy atom. The highest BCUT2D eigenvalue weighted by Crippen LogP contribution is 2.49. The molecule has 1 aliphatic heterocycles. The molecule has 2 aliphatic rings. The van der Waals surface area contributed by atoms with Crippen LogP contribution in [0.15, 0.2) is 54.6 Å². The summed E-state index contributed by atoms with van der Waals surface area (Å²) in [4.78, 5) is 0. The SMILES string of the molecule is Fc1ccccc1[C@@]12COC[C@@H]1CC[C@@H](OCc1ccccc1)C2. The first-order chi connectivity index (χ1) is 11.8. The number of ether oxygens (including phenoxy) is 2. The Labute approximate surface area is 142 Å². The van der Waals surface area contributed by atoms with E-state index in [1.54, 1.807) is 12.1 Å². The third kappa shape index (κ3) is 2.87. The summed E-state index contributed by atoms with van der Waals surface area (Å²) in [7, 11) is 0. The van der Waals surface area contributed by atoms with Crippen molar-refractivity contribution in [3.8, 4) is 0 Å². The Morgan fingerprint density at radius 2 is 1.83 bits per heavy atom.